The van der Waals surface area contributed by atoms with Gasteiger partial charge in [0.15, 0.2) is 0 Å². The average molecular weight is 552 g/mol. The molecule has 1 aliphatic heterocycles. The Morgan fingerprint density at radius 1 is 1.10 bits per heavy atom. The third-order valence-corrected chi connectivity index (χ3v) is 8.22. The highest BCUT2D eigenvalue weighted by Gasteiger charge is 2.24. The molecule has 0 saturated carbocycles. The molecule has 1 unspecified atom stereocenters. The van der Waals surface area contributed by atoms with Crippen LogP contribution < -0.4 is 9.62 Å². The van der Waals surface area contributed by atoms with Gasteiger partial charge in [-0.15, -0.1) is 0 Å². The number of anilines is 2. The van der Waals surface area contributed by atoms with Crippen molar-refractivity contribution in [2.45, 2.75) is 58.8 Å². The van der Waals surface area contributed by atoms with E-state index in [1.54, 1.807) is 13.0 Å². The number of sulfonamides is 1. The molecule has 3 aromatic rings. The Morgan fingerprint density at radius 2 is 1.79 bits per heavy atom. The Bertz CT molecular complexity index is 1420. The van der Waals surface area contributed by atoms with Gasteiger partial charge in [0.25, 0.3) is 0 Å². The number of carbonyl (C=O) groups is 1. The molecule has 6 nitrogen and oxygen atoms in total. The summed E-state index contributed by atoms with van der Waals surface area (Å²) in [5, 5.41) is 0. The maximum atomic E-state index is 14.5. The van der Waals surface area contributed by atoms with Crippen molar-refractivity contribution >= 4 is 27.3 Å². The molecule has 208 valence electrons. The topological polar surface area (TPSA) is 79.4 Å². The van der Waals surface area contributed by atoms with Gasteiger partial charge in [0.2, 0.25) is 10.0 Å². The van der Waals surface area contributed by atoms with E-state index in [4.69, 9.17) is 4.98 Å². The Morgan fingerprint density at radius 3 is 2.44 bits per heavy atom. The van der Waals surface area contributed by atoms with Crippen LogP contribution in [0.5, 0.6) is 0 Å². The van der Waals surface area contributed by atoms with E-state index in [-0.39, 0.29) is 11.5 Å². The highest BCUT2D eigenvalue weighted by atomic mass is 32.2. The van der Waals surface area contributed by atoms with Gasteiger partial charge < -0.3 is 4.90 Å². The van der Waals surface area contributed by atoms with E-state index in [9.17, 15) is 17.6 Å². The molecule has 1 fully saturated rings. The van der Waals surface area contributed by atoms with Crippen LogP contribution in [-0.2, 0) is 27.7 Å². The molecule has 1 aromatic heterocycles. The molecular weight excluding hydrogens is 513 g/mol. The van der Waals surface area contributed by atoms with E-state index < -0.39 is 21.8 Å². The van der Waals surface area contributed by atoms with Crippen molar-refractivity contribution in [3.8, 4) is 0 Å². The van der Waals surface area contributed by atoms with Crippen molar-refractivity contribution in [1.29, 1.82) is 0 Å². The van der Waals surface area contributed by atoms with Crippen LogP contribution in [0.25, 0.3) is 0 Å². The minimum Gasteiger partial charge on any atom is -0.356 e. The zero-order valence-electron chi connectivity index (χ0n) is 23.2. The Kier molecular flexibility index (Phi) is 9.05. The third kappa shape index (κ3) is 7.66. The highest BCUT2D eigenvalue weighted by Crippen LogP contribution is 2.31. The predicted molar refractivity (Wildman–Crippen MR) is 155 cm³/mol. The number of aromatic nitrogens is 1. The number of hydrogen-bond donors (Lipinski definition) is 1. The van der Waals surface area contributed by atoms with Crippen LogP contribution in [0.4, 0.5) is 15.9 Å². The van der Waals surface area contributed by atoms with Crippen molar-refractivity contribution in [2.24, 2.45) is 5.92 Å². The fourth-order valence-corrected chi connectivity index (χ4v) is 6.01. The van der Waals surface area contributed by atoms with Crippen LogP contribution in [0.15, 0.2) is 54.6 Å². The van der Waals surface area contributed by atoms with Crippen molar-refractivity contribution in [3.63, 3.8) is 0 Å². The maximum Gasteiger partial charge on any atom is 0.229 e. The van der Waals surface area contributed by atoms with Gasteiger partial charge in [-0.1, -0.05) is 43.3 Å². The number of Topliss-reactive ketones (excluding diaryl/α,β-unsaturated/α-hetero) is 1. The zero-order valence-corrected chi connectivity index (χ0v) is 24.0. The fraction of sp³-hybridized carbons (Fsp3) is 0.419. The number of nitrogens with one attached hydrogen (secondary N) is 1. The van der Waals surface area contributed by atoms with Crippen LogP contribution in [0.1, 0.15) is 60.1 Å². The summed E-state index contributed by atoms with van der Waals surface area (Å²) in [7, 11) is -3.59. The first-order valence-corrected chi connectivity index (χ1v) is 15.4. The summed E-state index contributed by atoms with van der Waals surface area (Å²) >= 11 is 0. The van der Waals surface area contributed by atoms with Gasteiger partial charge in [-0.05, 0) is 85.9 Å². The molecule has 4 rings (SSSR count). The zero-order chi connectivity index (χ0) is 28.2. The number of aryl methyl sites for hydroxylation is 2. The molecule has 1 saturated heterocycles. The molecule has 1 atom stereocenters. The quantitative estimate of drug-likeness (QED) is 0.336. The molecule has 1 N–H and O–H groups in total. The smallest absolute Gasteiger partial charge is 0.229 e. The third-order valence-electron chi connectivity index (χ3n) is 7.63. The van der Waals surface area contributed by atoms with E-state index in [0.29, 0.717) is 24.3 Å². The van der Waals surface area contributed by atoms with E-state index in [2.05, 4.69) is 52.9 Å². The number of ketones is 1. The number of nitrogens with zero attached hydrogens (tertiary/aromatic N) is 2. The Hall–Kier alpha value is -3.26. The SMILES string of the molecule is Cc1cc(C)c(CCC(=O)C(C)c2ccc(NS(C)(=O)=O)c(F)c2)c(N2CCC(Cc3ccccc3)CC2)n1. The van der Waals surface area contributed by atoms with Crippen molar-refractivity contribution in [3.05, 3.63) is 88.4 Å². The molecule has 0 radical (unpaired) electrons. The monoisotopic (exact) mass is 551 g/mol. The number of benzene rings is 2. The second kappa shape index (κ2) is 12.3. The Labute approximate surface area is 231 Å². The summed E-state index contributed by atoms with van der Waals surface area (Å²) in [4.78, 5) is 20.4. The lowest BCUT2D eigenvalue weighted by atomic mass is 9.89. The lowest BCUT2D eigenvalue weighted by Crippen LogP contribution is -2.36. The number of halogens is 1. The van der Waals surface area contributed by atoms with E-state index >= 15 is 0 Å². The van der Waals surface area contributed by atoms with Gasteiger partial charge in [-0.2, -0.15) is 0 Å². The Balaban J connectivity index is 1.42. The van der Waals surface area contributed by atoms with Crippen LogP contribution in [0, 0.1) is 25.6 Å². The first-order valence-electron chi connectivity index (χ1n) is 13.6. The summed E-state index contributed by atoms with van der Waals surface area (Å²) in [6.07, 6.45) is 5.16. The van der Waals surface area contributed by atoms with Gasteiger partial charge in [0.05, 0.1) is 11.9 Å². The van der Waals surface area contributed by atoms with Gasteiger partial charge in [-0.25, -0.2) is 17.8 Å². The average Bonchev–Trinajstić information content (AvgIpc) is 2.88. The molecule has 39 heavy (non-hydrogen) atoms. The predicted octanol–water partition coefficient (Wildman–Crippen LogP) is 5.97. The summed E-state index contributed by atoms with van der Waals surface area (Å²) < 4.78 is 39.5. The summed E-state index contributed by atoms with van der Waals surface area (Å²) in [6.45, 7) is 7.73. The van der Waals surface area contributed by atoms with Crippen LogP contribution in [0.2, 0.25) is 0 Å². The summed E-state index contributed by atoms with van der Waals surface area (Å²) in [6, 6.07) is 16.9. The summed E-state index contributed by atoms with van der Waals surface area (Å²) in [5.74, 6) is 0.427. The number of hydrogen-bond acceptors (Lipinski definition) is 5. The first-order chi connectivity index (χ1) is 18.5. The van der Waals surface area contributed by atoms with E-state index in [1.807, 2.05) is 6.92 Å². The standard InChI is InChI=1S/C31H38FN3O3S/c1-21-18-22(2)33-31(35-16-14-25(15-17-35)19-24-8-6-5-7-9-24)27(21)11-13-30(36)23(3)26-10-12-29(28(32)20-26)34-39(4,37)38/h5-10,12,18,20,23,25,34H,11,13-17,19H2,1-4H3. The largest absolute Gasteiger partial charge is 0.356 e. The molecule has 0 bridgehead atoms. The van der Waals surface area contributed by atoms with Gasteiger partial charge in [-0.3, -0.25) is 9.52 Å². The van der Waals surface area contributed by atoms with Crippen molar-refractivity contribution < 1.29 is 17.6 Å². The van der Waals surface area contributed by atoms with Crippen LogP contribution in [-0.4, -0.2) is 38.5 Å². The van der Waals surface area contributed by atoms with Crippen LogP contribution in [0.3, 0.4) is 0 Å². The number of rotatable bonds is 10. The highest BCUT2D eigenvalue weighted by molar-refractivity contribution is 7.92. The first kappa shape index (κ1) is 28.7. The molecule has 0 amide bonds. The lowest BCUT2D eigenvalue weighted by molar-refractivity contribution is -0.120. The van der Waals surface area contributed by atoms with Gasteiger partial charge in [0.1, 0.15) is 17.4 Å². The number of piperidine rings is 1. The van der Waals surface area contributed by atoms with Crippen molar-refractivity contribution in [2.75, 3.05) is 29.0 Å². The molecule has 0 aliphatic carbocycles. The lowest BCUT2D eigenvalue weighted by Gasteiger charge is -2.34. The molecule has 8 heteroatoms. The second-order valence-electron chi connectivity index (χ2n) is 10.8. The van der Waals surface area contributed by atoms with Crippen LogP contribution >= 0.6 is 0 Å². The van der Waals surface area contributed by atoms with Gasteiger partial charge >= 0.3 is 0 Å². The van der Waals surface area contributed by atoms with E-state index in [0.717, 1.165) is 61.2 Å². The van der Waals surface area contributed by atoms with E-state index in [1.165, 1.54) is 17.7 Å². The number of carbonyl (C=O) groups excluding carboxylic acids is 1. The maximum absolute atomic E-state index is 14.5. The number of pyridine rings is 1. The normalized spacial score (nSPS) is 15.3. The summed E-state index contributed by atoms with van der Waals surface area (Å²) in [5.41, 5.74) is 4.98. The second-order valence-corrected chi connectivity index (χ2v) is 12.6. The molecular formula is C31H38FN3O3S. The van der Waals surface area contributed by atoms with Gasteiger partial charge in [0, 0.05) is 31.1 Å². The molecule has 1 aliphatic rings. The fourth-order valence-electron chi connectivity index (χ4n) is 5.44. The molecule has 2 heterocycles. The molecule has 2 aromatic carbocycles. The molecule has 0 spiro atoms. The minimum atomic E-state index is -3.59. The minimum absolute atomic E-state index is 0.00529. The van der Waals surface area contributed by atoms with Crippen molar-refractivity contribution in [1.82, 2.24) is 4.98 Å².